The predicted molar refractivity (Wildman–Crippen MR) is 79.1 cm³/mol. The number of para-hydroxylation sites is 1. The highest BCUT2D eigenvalue weighted by Crippen LogP contribution is 2.26. The molecular weight excluding hydrogens is 250 g/mol. The highest BCUT2D eigenvalue weighted by molar-refractivity contribution is 5.82. The van der Waals surface area contributed by atoms with Crippen molar-refractivity contribution in [2.24, 2.45) is 0 Å². The number of nitrogens with zero attached hydrogens (tertiary/aromatic N) is 2. The average molecular weight is 265 g/mol. The quantitative estimate of drug-likeness (QED) is 0.763. The average Bonchev–Trinajstić information content (AvgIpc) is 2.49. The van der Waals surface area contributed by atoms with Crippen molar-refractivity contribution in [1.82, 2.24) is 9.97 Å². The molecule has 2 aromatic heterocycles. The van der Waals surface area contributed by atoms with Gasteiger partial charge in [0.15, 0.2) is 0 Å². The first kappa shape index (κ1) is 12.6. The first-order valence-corrected chi connectivity index (χ1v) is 6.46. The topological polar surface area (TPSA) is 72.0 Å². The maximum Gasteiger partial charge on any atom is 0.0838 e. The number of pyridine rings is 2. The van der Waals surface area contributed by atoms with E-state index >= 15 is 0 Å². The van der Waals surface area contributed by atoms with Crippen molar-refractivity contribution in [2.75, 3.05) is 5.73 Å². The molecule has 20 heavy (non-hydrogen) atoms. The Hall–Kier alpha value is -2.46. The molecule has 0 aliphatic rings. The van der Waals surface area contributed by atoms with E-state index in [0.717, 1.165) is 22.0 Å². The smallest absolute Gasteiger partial charge is 0.0838 e. The van der Waals surface area contributed by atoms with E-state index in [2.05, 4.69) is 9.97 Å². The lowest BCUT2D eigenvalue weighted by molar-refractivity contribution is 0.180. The number of benzene rings is 1. The van der Waals surface area contributed by atoms with Gasteiger partial charge in [0.1, 0.15) is 0 Å². The maximum atomic E-state index is 10.5. The number of nitrogens with two attached hydrogens (primary N) is 1. The SMILES string of the molecule is Nc1ccncc1CC(O)c1ccnc2ccccc12. The Morgan fingerprint density at radius 2 is 1.95 bits per heavy atom. The molecule has 0 fully saturated rings. The summed E-state index contributed by atoms with van der Waals surface area (Å²) < 4.78 is 0. The number of hydrogen-bond donors (Lipinski definition) is 2. The lowest BCUT2D eigenvalue weighted by atomic mass is 9.98. The van der Waals surface area contributed by atoms with Gasteiger partial charge in [0, 0.05) is 36.1 Å². The first-order valence-electron chi connectivity index (χ1n) is 6.46. The zero-order valence-corrected chi connectivity index (χ0v) is 10.9. The summed E-state index contributed by atoms with van der Waals surface area (Å²) in [6, 6.07) is 11.4. The number of fused-ring (bicyclic) bond motifs is 1. The molecular formula is C16H15N3O. The molecule has 1 atom stereocenters. The largest absolute Gasteiger partial charge is 0.398 e. The Morgan fingerprint density at radius 1 is 1.10 bits per heavy atom. The van der Waals surface area contributed by atoms with Gasteiger partial charge >= 0.3 is 0 Å². The summed E-state index contributed by atoms with van der Waals surface area (Å²) in [7, 11) is 0. The van der Waals surface area contributed by atoms with Gasteiger partial charge in [-0.15, -0.1) is 0 Å². The lowest BCUT2D eigenvalue weighted by Gasteiger charge is -2.14. The van der Waals surface area contributed by atoms with E-state index in [9.17, 15) is 5.11 Å². The summed E-state index contributed by atoms with van der Waals surface area (Å²) in [4.78, 5) is 8.35. The summed E-state index contributed by atoms with van der Waals surface area (Å²) in [6.45, 7) is 0. The summed E-state index contributed by atoms with van der Waals surface area (Å²) in [6.07, 6.45) is 4.87. The maximum absolute atomic E-state index is 10.5. The van der Waals surface area contributed by atoms with Crippen molar-refractivity contribution in [3.63, 3.8) is 0 Å². The van der Waals surface area contributed by atoms with E-state index in [1.54, 1.807) is 24.7 Å². The third kappa shape index (κ3) is 2.33. The van der Waals surface area contributed by atoms with Gasteiger partial charge in [-0.25, -0.2) is 0 Å². The Morgan fingerprint density at radius 3 is 2.80 bits per heavy atom. The molecule has 2 heterocycles. The van der Waals surface area contributed by atoms with Crippen LogP contribution < -0.4 is 5.73 Å². The molecule has 0 bridgehead atoms. The van der Waals surface area contributed by atoms with E-state index in [4.69, 9.17) is 5.73 Å². The molecule has 3 rings (SSSR count). The van der Waals surface area contributed by atoms with E-state index in [1.807, 2.05) is 30.3 Å². The fourth-order valence-electron chi connectivity index (χ4n) is 2.34. The Labute approximate surface area is 116 Å². The van der Waals surface area contributed by atoms with Gasteiger partial charge in [-0.3, -0.25) is 9.97 Å². The van der Waals surface area contributed by atoms with E-state index < -0.39 is 6.10 Å². The second-order valence-corrected chi connectivity index (χ2v) is 4.71. The Kier molecular flexibility index (Phi) is 3.31. The molecule has 3 aromatic rings. The first-order chi connectivity index (χ1) is 9.75. The van der Waals surface area contributed by atoms with Crippen LogP contribution in [-0.4, -0.2) is 15.1 Å². The van der Waals surface area contributed by atoms with Gasteiger partial charge in [-0.05, 0) is 29.3 Å². The van der Waals surface area contributed by atoms with Crippen molar-refractivity contribution < 1.29 is 5.11 Å². The molecule has 3 N–H and O–H groups in total. The van der Waals surface area contributed by atoms with Crippen LogP contribution in [0.3, 0.4) is 0 Å². The minimum atomic E-state index is -0.630. The molecule has 0 aliphatic heterocycles. The van der Waals surface area contributed by atoms with Crippen molar-refractivity contribution in [1.29, 1.82) is 0 Å². The van der Waals surface area contributed by atoms with Gasteiger partial charge in [-0.2, -0.15) is 0 Å². The molecule has 4 nitrogen and oxygen atoms in total. The highest BCUT2D eigenvalue weighted by Gasteiger charge is 2.13. The fraction of sp³-hybridized carbons (Fsp3) is 0.125. The van der Waals surface area contributed by atoms with Gasteiger partial charge in [0.25, 0.3) is 0 Å². The summed E-state index contributed by atoms with van der Waals surface area (Å²) in [5.41, 5.74) is 9.13. The second-order valence-electron chi connectivity index (χ2n) is 4.71. The molecule has 0 radical (unpaired) electrons. The van der Waals surface area contributed by atoms with Crippen LogP contribution in [0.15, 0.2) is 55.0 Å². The van der Waals surface area contributed by atoms with Crippen LogP contribution >= 0.6 is 0 Å². The molecule has 0 aliphatic carbocycles. The summed E-state index contributed by atoms with van der Waals surface area (Å²) in [5.74, 6) is 0. The standard InChI is InChI=1S/C16H15N3O/c17-14-6-7-18-10-11(14)9-16(20)13-5-8-19-15-4-2-1-3-12(13)15/h1-8,10,16,20H,9H2,(H2,17,18). The zero-order valence-electron chi connectivity index (χ0n) is 10.9. The van der Waals surface area contributed by atoms with Crippen LogP contribution in [-0.2, 0) is 6.42 Å². The Bertz CT molecular complexity index is 737. The molecule has 0 saturated carbocycles. The monoisotopic (exact) mass is 265 g/mol. The number of nitrogen functional groups attached to an aromatic ring is 1. The number of aromatic nitrogens is 2. The number of aliphatic hydroxyl groups excluding tert-OH is 1. The van der Waals surface area contributed by atoms with Gasteiger partial charge in [0.05, 0.1) is 11.6 Å². The van der Waals surface area contributed by atoms with Gasteiger partial charge in [-0.1, -0.05) is 18.2 Å². The fourth-order valence-corrected chi connectivity index (χ4v) is 2.34. The van der Waals surface area contributed by atoms with Crippen LogP contribution in [0.1, 0.15) is 17.2 Å². The molecule has 0 saturated heterocycles. The Balaban J connectivity index is 1.97. The van der Waals surface area contributed by atoms with Crippen molar-refractivity contribution in [2.45, 2.75) is 12.5 Å². The number of rotatable bonds is 3. The summed E-state index contributed by atoms with van der Waals surface area (Å²) >= 11 is 0. The number of hydrogen-bond acceptors (Lipinski definition) is 4. The molecule has 1 unspecified atom stereocenters. The van der Waals surface area contributed by atoms with Crippen molar-refractivity contribution in [3.05, 3.63) is 66.1 Å². The molecule has 100 valence electrons. The van der Waals surface area contributed by atoms with Crippen molar-refractivity contribution >= 4 is 16.6 Å². The molecule has 0 amide bonds. The zero-order chi connectivity index (χ0) is 13.9. The van der Waals surface area contributed by atoms with Crippen LogP contribution in [0.2, 0.25) is 0 Å². The van der Waals surface area contributed by atoms with Crippen LogP contribution in [0.4, 0.5) is 5.69 Å². The third-order valence-electron chi connectivity index (χ3n) is 3.40. The lowest BCUT2D eigenvalue weighted by Crippen LogP contribution is -2.05. The minimum absolute atomic E-state index is 0.438. The van der Waals surface area contributed by atoms with E-state index in [1.165, 1.54) is 0 Å². The van der Waals surface area contributed by atoms with E-state index in [0.29, 0.717) is 12.1 Å². The number of aliphatic hydroxyl groups is 1. The van der Waals surface area contributed by atoms with Crippen LogP contribution in [0, 0.1) is 0 Å². The van der Waals surface area contributed by atoms with Crippen LogP contribution in [0.5, 0.6) is 0 Å². The van der Waals surface area contributed by atoms with Gasteiger partial charge in [0.2, 0.25) is 0 Å². The van der Waals surface area contributed by atoms with Gasteiger partial charge < -0.3 is 10.8 Å². The summed E-state index contributed by atoms with van der Waals surface area (Å²) in [5, 5.41) is 11.4. The number of anilines is 1. The normalized spacial score (nSPS) is 12.4. The van der Waals surface area contributed by atoms with Crippen molar-refractivity contribution in [3.8, 4) is 0 Å². The van der Waals surface area contributed by atoms with Crippen LogP contribution in [0.25, 0.3) is 10.9 Å². The molecule has 4 heteroatoms. The predicted octanol–water partition coefficient (Wildman–Crippen LogP) is 2.49. The molecule has 1 aromatic carbocycles. The third-order valence-corrected chi connectivity index (χ3v) is 3.40. The van der Waals surface area contributed by atoms with E-state index in [-0.39, 0.29) is 0 Å². The highest BCUT2D eigenvalue weighted by atomic mass is 16.3. The minimum Gasteiger partial charge on any atom is -0.398 e. The second kappa shape index (κ2) is 5.27. The molecule has 0 spiro atoms.